The zero-order valence-corrected chi connectivity index (χ0v) is 13.6. The van der Waals surface area contributed by atoms with Gasteiger partial charge in [-0.1, -0.05) is 0 Å². The molecule has 0 saturated carbocycles. The summed E-state index contributed by atoms with van der Waals surface area (Å²) in [6.07, 6.45) is 0.439. The molecule has 0 atom stereocenters. The third kappa shape index (κ3) is 3.47. The highest BCUT2D eigenvalue weighted by molar-refractivity contribution is 6.20. The molecule has 0 unspecified atom stereocenters. The fraction of sp³-hybridized carbons (Fsp3) is 0.158. The standard InChI is InChI=1S/C19H16N2O4/c1-12(22)13-2-6-15(7-3-13)20-19(25)14-4-8-16(9-5-14)21-17(23)10-11-18(21)24/h2-9H,10-11H2,1H3,(H,20,25). The Morgan fingerprint density at radius 3 is 1.88 bits per heavy atom. The molecule has 0 spiro atoms. The minimum absolute atomic E-state index is 0.0422. The molecule has 1 aliphatic heterocycles. The Balaban J connectivity index is 1.71. The van der Waals surface area contributed by atoms with E-state index in [9.17, 15) is 19.2 Å². The number of Topliss-reactive ketones (excluding diaryl/α,β-unsaturated/α-hetero) is 1. The average molecular weight is 336 g/mol. The van der Waals surface area contributed by atoms with Crippen molar-refractivity contribution in [1.82, 2.24) is 0 Å². The lowest BCUT2D eigenvalue weighted by Gasteiger charge is -2.14. The molecule has 0 bridgehead atoms. The second-order valence-corrected chi connectivity index (χ2v) is 5.76. The minimum atomic E-state index is -0.318. The first-order valence-corrected chi connectivity index (χ1v) is 7.84. The van der Waals surface area contributed by atoms with Crippen molar-refractivity contribution in [2.75, 3.05) is 10.2 Å². The first-order valence-electron chi connectivity index (χ1n) is 7.84. The van der Waals surface area contributed by atoms with Gasteiger partial charge in [0.1, 0.15) is 0 Å². The fourth-order valence-electron chi connectivity index (χ4n) is 2.62. The highest BCUT2D eigenvalue weighted by Crippen LogP contribution is 2.23. The summed E-state index contributed by atoms with van der Waals surface area (Å²) in [5.41, 5.74) is 2.01. The molecule has 1 N–H and O–H groups in total. The van der Waals surface area contributed by atoms with Crippen molar-refractivity contribution >= 4 is 34.9 Å². The van der Waals surface area contributed by atoms with E-state index in [-0.39, 0.29) is 36.3 Å². The second kappa shape index (κ2) is 6.68. The van der Waals surface area contributed by atoms with Crippen molar-refractivity contribution in [3.63, 3.8) is 0 Å². The van der Waals surface area contributed by atoms with E-state index >= 15 is 0 Å². The largest absolute Gasteiger partial charge is 0.322 e. The van der Waals surface area contributed by atoms with Gasteiger partial charge in [0.2, 0.25) is 11.8 Å². The van der Waals surface area contributed by atoms with Crippen LogP contribution in [0.3, 0.4) is 0 Å². The first-order chi connectivity index (χ1) is 12.0. The molecule has 3 amide bonds. The van der Waals surface area contributed by atoms with E-state index in [2.05, 4.69) is 5.32 Å². The molecule has 0 radical (unpaired) electrons. The second-order valence-electron chi connectivity index (χ2n) is 5.76. The number of benzene rings is 2. The van der Waals surface area contributed by atoms with Crippen molar-refractivity contribution < 1.29 is 19.2 Å². The van der Waals surface area contributed by atoms with E-state index in [1.165, 1.54) is 6.92 Å². The summed E-state index contributed by atoms with van der Waals surface area (Å²) in [4.78, 5) is 48.1. The maximum atomic E-state index is 12.3. The molecule has 1 fully saturated rings. The predicted octanol–water partition coefficient (Wildman–Crippen LogP) is 2.79. The summed E-state index contributed by atoms with van der Waals surface area (Å²) in [6.45, 7) is 1.48. The molecular formula is C19H16N2O4. The molecule has 1 aliphatic rings. The Hall–Kier alpha value is -3.28. The number of anilines is 2. The Morgan fingerprint density at radius 2 is 1.36 bits per heavy atom. The molecule has 3 rings (SSSR count). The molecule has 126 valence electrons. The molecule has 1 saturated heterocycles. The van der Waals surface area contributed by atoms with Crippen LogP contribution in [0.25, 0.3) is 0 Å². The van der Waals surface area contributed by atoms with Gasteiger partial charge in [0.25, 0.3) is 5.91 Å². The fourth-order valence-corrected chi connectivity index (χ4v) is 2.62. The highest BCUT2D eigenvalue weighted by Gasteiger charge is 2.30. The molecular weight excluding hydrogens is 320 g/mol. The van der Waals surface area contributed by atoms with Crippen molar-refractivity contribution in [2.24, 2.45) is 0 Å². The monoisotopic (exact) mass is 336 g/mol. The zero-order valence-electron chi connectivity index (χ0n) is 13.6. The normalized spacial score (nSPS) is 13.9. The summed E-state index contributed by atoms with van der Waals surface area (Å²) < 4.78 is 0. The Morgan fingerprint density at radius 1 is 0.840 bits per heavy atom. The van der Waals surface area contributed by atoms with Crippen LogP contribution >= 0.6 is 0 Å². The van der Waals surface area contributed by atoms with Crippen LogP contribution in [0, 0.1) is 0 Å². The van der Waals surface area contributed by atoms with Crippen molar-refractivity contribution in [2.45, 2.75) is 19.8 Å². The van der Waals surface area contributed by atoms with Gasteiger partial charge in [-0.25, -0.2) is 0 Å². The number of hydrogen-bond acceptors (Lipinski definition) is 4. The van der Waals surface area contributed by atoms with E-state index in [0.717, 1.165) is 4.90 Å². The molecule has 2 aromatic rings. The number of carbonyl (C=O) groups excluding carboxylic acids is 4. The van der Waals surface area contributed by atoms with Crippen LogP contribution in [0.1, 0.15) is 40.5 Å². The topological polar surface area (TPSA) is 83.6 Å². The van der Waals surface area contributed by atoms with Crippen LogP contribution < -0.4 is 10.2 Å². The number of ketones is 1. The van der Waals surface area contributed by atoms with Crippen molar-refractivity contribution in [3.8, 4) is 0 Å². The number of amides is 3. The van der Waals surface area contributed by atoms with Crippen LogP contribution in [0.15, 0.2) is 48.5 Å². The molecule has 2 aromatic carbocycles. The van der Waals surface area contributed by atoms with Gasteiger partial charge in [-0.05, 0) is 55.5 Å². The molecule has 0 aliphatic carbocycles. The predicted molar refractivity (Wildman–Crippen MR) is 92.6 cm³/mol. The zero-order chi connectivity index (χ0) is 18.0. The Labute approximate surface area is 144 Å². The molecule has 1 heterocycles. The van der Waals surface area contributed by atoms with E-state index < -0.39 is 0 Å². The Bertz CT molecular complexity index is 838. The molecule has 6 heteroatoms. The van der Waals surface area contributed by atoms with Crippen LogP contribution in [-0.4, -0.2) is 23.5 Å². The van der Waals surface area contributed by atoms with Gasteiger partial charge in [0.15, 0.2) is 5.78 Å². The highest BCUT2D eigenvalue weighted by atomic mass is 16.2. The third-order valence-corrected chi connectivity index (χ3v) is 3.99. The number of nitrogens with zero attached hydrogens (tertiary/aromatic N) is 1. The molecule has 6 nitrogen and oxygen atoms in total. The lowest BCUT2D eigenvalue weighted by Crippen LogP contribution is -2.28. The van der Waals surface area contributed by atoms with E-state index in [4.69, 9.17) is 0 Å². The van der Waals surface area contributed by atoms with Gasteiger partial charge in [-0.15, -0.1) is 0 Å². The summed E-state index contributed by atoms with van der Waals surface area (Å²) in [5.74, 6) is -0.818. The van der Waals surface area contributed by atoms with Crippen LogP contribution in [0.5, 0.6) is 0 Å². The van der Waals surface area contributed by atoms with E-state index in [1.54, 1.807) is 48.5 Å². The lowest BCUT2D eigenvalue weighted by molar-refractivity contribution is -0.121. The third-order valence-electron chi connectivity index (χ3n) is 3.99. The van der Waals surface area contributed by atoms with Crippen LogP contribution in [0.4, 0.5) is 11.4 Å². The maximum Gasteiger partial charge on any atom is 0.255 e. The maximum absolute atomic E-state index is 12.3. The van der Waals surface area contributed by atoms with E-state index in [1.807, 2.05) is 0 Å². The van der Waals surface area contributed by atoms with Gasteiger partial charge < -0.3 is 5.32 Å². The van der Waals surface area contributed by atoms with E-state index in [0.29, 0.717) is 22.5 Å². The van der Waals surface area contributed by atoms with Gasteiger partial charge >= 0.3 is 0 Å². The summed E-state index contributed by atoms with van der Waals surface area (Å²) in [7, 11) is 0. The SMILES string of the molecule is CC(=O)c1ccc(NC(=O)c2ccc(N3C(=O)CCC3=O)cc2)cc1. The number of carbonyl (C=O) groups is 4. The van der Waals surface area contributed by atoms with Gasteiger partial charge in [-0.2, -0.15) is 0 Å². The minimum Gasteiger partial charge on any atom is -0.322 e. The smallest absolute Gasteiger partial charge is 0.255 e. The lowest BCUT2D eigenvalue weighted by atomic mass is 10.1. The summed E-state index contributed by atoms with van der Waals surface area (Å²) in [5, 5.41) is 2.73. The first kappa shape index (κ1) is 16.6. The van der Waals surface area contributed by atoms with Crippen LogP contribution in [-0.2, 0) is 9.59 Å². The number of hydrogen-bond donors (Lipinski definition) is 1. The van der Waals surface area contributed by atoms with Gasteiger partial charge in [-0.3, -0.25) is 24.1 Å². The number of imide groups is 1. The molecule has 0 aromatic heterocycles. The van der Waals surface area contributed by atoms with Gasteiger partial charge in [0, 0.05) is 29.7 Å². The number of nitrogens with one attached hydrogen (secondary N) is 1. The number of rotatable bonds is 4. The summed E-state index contributed by atoms with van der Waals surface area (Å²) in [6, 6.07) is 12.9. The van der Waals surface area contributed by atoms with Crippen LogP contribution in [0.2, 0.25) is 0 Å². The quantitative estimate of drug-likeness (QED) is 0.687. The van der Waals surface area contributed by atoms with Crippen molar-refractivity contribution in [3.05, 3.63) is 59.7 Å². The molecule has 25 heavy (non-hydrogen) atoms. The average Bonchev–Trinajstić information content (AvgIpc) is 2.94. The van der Waals surface area contributed by atoms with Gasteiger partial charge in [0.05, 0.1) is 5.69 Å². The Kier molecular flexibility index (Phi) is 4.43. The van der Waals surface area contributed by atoms with Crippen molar-refractivity contribution in [1.29, 1.82) is 0 Å². The summed E-state index contributed by atoms with van der Waals surface area (Å²) >= 11 is 0.